The zero-order valence-electron chi connectivity index (χ0n) is 7.08. The molecule has 4 heteroatoms. The molecule has 2 rings (SSSR count). The van der Waals surface area contributed by atoms with Gasteiger partial charge in [0, 0.05) is 18.9 Å². The number of carboxylic acid groups (broad SMARTS) is 1. The highest BCUT2D eigenvalue weighted by Crippen LogP contribution is 2.16. The van der Waals surface area contributed by atoms with E-state index in [-0.39, 0.29) is 0 Å². The molecule has 0 fully saturated rings. The van der Waals surface area contributed by atoms with Crippen LogP contribution in [0.5, 0.6) is 0 Å². The van der Waals surface area contributed by atoms with Crippen LogP contribution in [0, 0.1) is 0 Å². The summed E-state index contributed by atoms with van der Waals surface area (Å²) in [5.41, 5.74) is 2.28. The molecular formula is C9H10N2O2. The summed E-state index contributed by atoms with van der Waals surface area (Å²) in [7, 11) is 0. The van der Waals surface area contributed by atoms with Crippen LogP contribution in [0.25, 0.3) is 0 Å². The van der Waals surface area contributed by atoms with E-state index in [9.17, 15) is 4.79 Å². The summed E-state index contributed by atoms with van der Waals surface area (Å²) in [5.74, 6) is -0.883. The van der Waals surface area contributed by atoms with Crippen LogP contribution in [0.15, 0.2) is 12.4 Å². The lowest BCUT2D eigenvalue weighted by molar-refractivity contribution is 0.0695. The van der Waals surface area contributed by atoms with Crippen LogP contribution in [-0.2, 0) is 13.0 Å². The molecule has 0 radical (unpaired) electrons. The lowest BCUT2D eigenvalue weighted by Gasteiger charge is -2.17. The van der Waals surface area contributed by atoms with E-state index in [1.165, 1.54) is 6.20 Å². The quantitative estimate of drug-likeness (QED) is 0.654. The molecule has 1 aliphatic heterocycles. The predicted octanol–water partition coefficient (Wildman–Crippen LogP) is 0.426. The summed E-state index contributed by atoms with van der Waals surface area (Å²) in [5, 5.41) is 12.1. The summed E-state index contributed by atoms with van der Waals surface area (Å²) in [4.78, 5) is 14.7. The number of rotatable bonds is 1. The van der Waals surface area contributed by atoms with E-state index in [1.807, 2.05) is 0 Å². The predicted molar refractivity (Wildman–Crippen MR) is 46.6 cm³/mol. The molecule has 1 aromatic rings. The number of carbonyl (C=O) groups is 1. The fraction of sp³-hybridized carbons (Fsp3) is 0.333. The van der Waals surface area contributed by atoms with Crippen molar-refractivity contribution in [3.8, 4) is 0 Å². The Balaban J connectivity index is 2.52. The SMILES string of the molecule is O=C(O)c1cncc2c1CCNC2. The van der Waals surface area contributed by atoms with Gasteiger partial charge in [-0.15, -0.1) is 0 Å². The summed E-state index contributed by atoms with van der Waals surface area (Å²) < 4.78 is 0. The highest BCUT2D eigenvalue weighted by atomic mass is 16.4. The van der Waals surface area contributed by atoms with Gasteiger partial charge < -0.3 is 10.4 Å². The number of nitrogens with zero attached hydrogens (tertiary/aromatic N) is 1. The average molecular weight is 178 g/mol. The molecule has 2 N–H and O–H groups in total. The van der Waals surface area contributed by atoms with E-state index in [0.29, 0.717) is 5.56 Å². The minimum Gasteiger partial charge on any atom is -0.478 e. The van der Waals surface area contributed by atoms with Gasteiger partial charge in [0.25, 0.3) is 0 Å². The first-order chi connectivity index (χ1) is 6.29. The van der Waals surface area contributed by atoms with Crippen molar-refractivity contribution >= 4 is 5.97 Å². The highest BCUT2D eigenvalue weighted by Gasteiger charge is 2.16. The smallest absolute Gasteiger partial charge is 0.337 e. The van der Waals surface area contributed by atoms with Crippen molar-refractivity contribution < 1.29 is 9.90 Å². The van der Waals surface area contributed by atoms with Crippen LogP contribution >= 0.6 is 0 Å². The number of aromatic nitrogens is 1. The van der Waals surface area contributed by atoms with Gasteiger partial charge in [-0.2, -0.15) is 0 Å². The molecular weight excluding hydrogens is 168 g/mol. The number of aromatic carboxylic acids is 1. The molecule has 0 saturated heterocycles. The maximum atomic E-state index is 10.8. The molecule has 0 unspecified atom stereocenters. The van der Waals surface area contributed by atoms with Crippen molar-refractivity contribution in [3.63, 3.8) is 0 Å². The third-order valence-electron chi connectivity index (χ3n) is 2.24. The second-order valence-electron chi connectivity index (χ2n) is 3.06. The number of fused-ring (bicyclic) bond motifs is 1. The Kier molecular flexibility index (Phi) is 1.98. The molecule has 0 amide bonds. The molecule has 0 aliphatic carbocycles. The second kappa shape index (κ2) is 3.14. The van der Waals surface area contributed by atoms with Crippen molar-refractivity contribution in [2.24, 2.45) is 0 Å². The molecule has 2 heterocycles. The van der Waals surface area contributed by atoms with Crippen LogP contribution in [0.4, 0.5) is 0 Å². The van der Waals surface area contributed by atoms with E-state index >= 15 is 0 Å². The van der Waals surface area contributed by atoms with Gasteiger partial charge in [-0.1, -0.05) is 0 Å². The molecule has 0 saturated carbocycles. The summed E-state index contributed by atoms with van der Waals surface area (Å²) in [6.45, 7) is 1.57. The fourth-order valence-corrected chi connectivity index (χ4v) is 1.60. The summed E-state index contributed by atoms with van der Waals surface area (Å²) >= 11 is 0. The van der Waals surface area contributed by atoms with E-state index in [0.717, 1.165) is 30.6 Å². The van der Waals surface area contributed by atoms with Gasteiger partial charge in [-0.25, -0.2) is 4.79 Å². The van der Waals surface area contributed by atoms with Gasteiger partial charge >= 0.3 is 5.97 Å². The Labute approximate surface area is 75.6 Å². The summed E-state index contributed by atoms with van der Waals surface area (Å²) in [6, 6.07) is 0. The van der Waals surface area contributed by atoms with Gasteiger partial charge in [0.05, 0.1) is 5.56 Å². The molecule has 13 heavy (non-hydrogen) atoms. The number of nitrogens with one attached hydrogen (secondary N) is 1. The van der Waals surface area contributed by atoms with Gasteiger partial charge in [0.15, 0.2) is 0 Å². The molecule has 0 atom stereocenters. The highest BCUT2D eigenvalue weighted by molar-refractivity contribution is 5.89. The van der Waals surface area contributed by atoms with E-state index in [4.69, 9.17) is 5.11 Å². The normalized spacial score (nSPS) is 15.1. The average Bonchev–Trinajstić information content (AvgIpc) is 2.17. The van der Waals surface area contributed by atoms with Crippen LogP contribution < -0.4 is 5.32 Å². The Morgan fingerprint density at radius 3 is 3.15 bits per heavy atom. The zero-order chi connectivity index (χ0) is 9.26. The molecule has 1 aliphatic rings. The van der Waals surface area contributed by atoms with Crippen LogP contribution in [-0.4, -0.2) is 22.6 Å². The molecule has 0 spiro atoms. The Hall–Kier alpha value is -1.42. The third kappa shape index (κ3) is 1.40. The van der Waals surface area contributed by atoms with Crippen LogP contribution in [0.1, 0.15) is 21.5 Å². The number of hydrogen-bond donors (Lipinski definition) is 2. The molecule has 68 valence electrons. The first-order valence-corrected chi connectivity index (χ1v) is 4.19. The largest absolute Gasteiger partial charge is 0.478 e. The Morgan fingerprint density at radius 1 is 1.54 bits per heavy atom. The van der Waals surface area contributed by atoms with Gasteiger partial charge in [-0.3, -0.25) is 4.98 Å². The Bertz CT molecular complexity index is 349. The topological polar surface area (TPSA) is 62.2 Å². The van der Waals surface area contributed by atoms with E-state index in [2.05, 4.69) is 10.3 Å². The van der Waals surface area contributed by atoms with E-state index in [1.54, 1.807) is 6.20 Å². The Morgan fingerprint density at radius 2 is 2.38 bits per heavy atom. The van der Waals surface area contributed by atoms with Crippen molar-refractivity contribution in [2.75, 3.05) is 6.54 Å². The van der Waals surface area contributed by atoms with Crippen LogP contribution in [0.2, 0.25) is 0 Å². The zero-order valence-corrected chi connectivity index (χ0v) is 7.08. The maximum absolute atomic E-state index is 10.8. The standard InChI is InChI=1S/C9H10N2O2/c12-9(13)8-5-11-4-6-3-10-2-1-7(6)8/h4-5,10H,1-3H2,(H,12,13). The van der Waals surface area contributed by atoms with Crippen molar-refractivity contribution in [2.45, 2.75) is 13.0 Å². The van der Waals surface area contributed by atoms with Crippen LogP contribution in [0.3, 0.4) is 0 Å². The molecule has 4 nitrogen and oxygen atoms in total. The lowest BCUT2D eigenvalue weighted by atomic mass is 9.98. The van der Waals surface area contributed by atoms with E-state index < -0.39 is 5.97 Å². The minimum atomic E-state index is -0.883. The van der Waals surface area contributed by atoms with Gasteiger partial charge in [0.1, 0.15) is 0 Å². The second-order valence-corrected chi connectivity index (χ2v) is 3.06. The summed E-state index contributed by atoms with van der Waals surface area (Å²) in [6.07, 6.45) is 3.93. The molecule has 1 aromatic heterocycles. The number of carboxylic acids is 1. The van der Waals surface area contributed by atoms with Gasteiger partial charge in [0.2, 0.25) is 0 Å². The number of hydrogen-bond acceptors (Lipinski definition) is 3. The molecule has 0 aromatic carbocycles. The van der Waals surface area contributed by atoms with Crippen molar-refractivity contribution in [1.29, 1.82) is 0 Å². The lowest BCUT2D eigenvalue weighted by Crippen LogP contribution is -2.25. The first-order valence-electron chi connectivity index (χ1n) is 4.19. The fourth-order valence-electron chi connectivity index (χ4n) is 1.60. The monoisotopic (exact) mass is 178 g/mol. The van der Waals surface area contributed by atoms with Crippen molar-refractivity contribution in [3.05, 3.63) is 29.1 Å². The maximum Gasteiger partial charge on any atom is 0.337 e. The first kappa shape index (κ1) is 8.19. The van der Waals surface area contributed by atoms with Gasteiger partial charge in [-0.05, 0) is 24.1 Å². The number of pyridine rings is 1. The van der Waals surface area contributed by atoms with Crippen molar-refractivity contribution in [1.82, 2.24) is 10.3 Å². The third-order valence-corrected chi connectivity index (χ3v) is 2.24. The minimum absolute atomic E-state index is 0.346. The molecule has 0 bridgehead atoms.